The fourth-order valence-electron chi connectivity index (χ4n) is 6.33. The summed E-state index contributed by atoms with van der Waals surface area (Å²) in [6.07, 6.45) is 0. The molecular formula is C36H48N4Ti. The minimum atomic E-state index is -3.67. The van der Waals surface area contributed by atoms with E-state index in [0.29, 0.717) is 0 Å². The van der Waals surface area contributed by atoms with Gasteiger partial charge in [-0.1, -0.05) is 0 Å². The first-order valence-electron chi connectivity index (χ1n) is 14.6. The van der Waals surface area contributed by atoms with Gasteiger partial charge in [0, 0.05) is 0 Å². The Labute approximate surface area is 252 Å². The van der Waals surface area contributed by atoms with Crippen LogP contribution >= 0.6 is 0 Å². The topological polar surface area (TPSA) is 13.0 Å². The van der Waals surface area contributed by atoms with Crippen molar-refractivity contribution in [1.29, 1.82) is 0 Å². The average Bonchev–Trinajstić information content (AvgIpc) is 2.91. The van der Waals surface area contributed by atoms with E-state index in [9.17, 15) is 0 Å². The number of hydrogen-bond donors (Lipinski definition) is 0. The molecule has 0 fully saturated rings. The third kappa shape index (κ3) is 7.09. The first kappa shape index (κ1) is 31.4. The van der Waals surface area contributed by atoms with Crippen LogP contribution in [0.3, 0.4) is 0 Å². The van der Waals surface area contributed by atoms with E-state index in [2.05, 4.69) is 173 Å². The van der Waals surface area contributed by atoms with Gasteiger partial charge in [-0.2, -0.15) is 0 Å². The molecule has 0 aliphatic heterocycles. The second-order valence-electron chi connectivity index (χ2n) is 12.3. The van der Waals surface area contributed by atoms with Crippen molar-refractivity contribution in [3.8, 4) is 0 Å². The summed E-state index contributed by atoms with van der Waals surface area (Å²) in [6.45, 7) is 3.63. The zero-order valence-electron chi connectivity index (χ0n) is 26.4. The van der Waals surface area contributed by atoms with E-state index in [0.717, 1.165) is 26.2 Å². The number of rotatable bonds is 12. The maximum atomic E-state index is 2.46. The van der Waals surface area contributed by atoms with Crippen molar-refractivity contribution in [3.05, 3.63) is 119 Å². The molecule has 0 atom stereocenters. The molecule has 216 valence electrons. The predicted molar refractivity (Wildman–Crippen MR) is 174 cm³/mol. The molecule has 0 amide bonds. The summed E-state index contributed by atoms with van der Waals surface area (Å²) in [5.41, 5.74) is 5.71. The van der Waals surface area contributed by atoms with E-state index in [1.807, 2.05) is 0 Å². The van der Waals surface area contributed by atoms with Crippen LogP contribution in [-0.2, 0) is 42.8 Å². The molecule has 0 aliphatic rings. The van der Waals surface area contributed by atoms with Crippen molar-refractivity contribution in [2.24, 2.45) is 0 Å². The average molecular weight is 585 g/mol. The Balaban J connectivity index is 2.29. The van der Waals surface area contributed by atoms with Crippen molar-refractivity contribution in [1.82, 2.24) is 19.6 Å². The van der Waals surface area contributed by atoms with Crippen molar-refractivity contribution in [2.75, 3.05) is 56.4 Å². The van der Waals surface area contributed by atoms with Gasteiger partial charge in [0.25, 0.3) is 0 Å². The molecule has 0 N–H and O–H groups in total. The van der Waals surface area contributed by atoms with Crippen LogP contribution in [0.15, 0.2) is 97.1 Å². The van der Waals surface area contributed by atoms with Gasteiger partial charge in [0.1, 0.15) is 0 Å². The summed E-state index contributed by atoms with van der Waals surface area (Å²) in [7, 11) is 17.5. The van der Waals surface area contributed by atoms with Crippen LogP contribution in [0.2, 0.25) is 0 Å². The van der Waals surface area contributed by atoms with E-state index in [1.165, 1.54) is 37.7 Å². The molecule has 5 heteroatoms. The Morgan fingerprint density at radius 2 is 0.537 bits per heavy atom. The van der Waals surface area contributed by atoms with Crippen LogP contribution in [0, 0.1) is 0 Å². The Morgan fingerprint density at radius 3 is 0.732 bits per heavy atom. The maximum absolute atomic E-state index is 3.67. The van der Waals surface area contributed by atoms with E-state index in [1.54, 1.807) is 0 Å². The molecule has 0 bridgehead atoms. The molecule has 4 nitrogen and oxygen atoms in total. The third-order valence-corrected chi connectivity index (χ3v) is 15.7. The van der Waals surface area contributed by atoms with E-state index in [4.69, 9.17) is 0 Å². The minimum absolute atomic E-state index is 0.907. The molecule has 4 aromatic carbocycles. The number of nitrogens with zero attached hydrogens (tertiary/aromatic N) is 4. The summed E-state index contributed by atoms with van der Waals surface area (Å²) in [6, 6.07) is 37.3. The van der Waals surface area contributed by atoms with Gasteiger partial charge in [0.2, 0.25) is 0 Å². The zero-order chi connectivity index (χ0) is 29.6. The Hall–Kier alpha value is -2.57. The van der Waals surface area contributed by atoms with Crippen molar-refractivity contribution >= 4 is 15.5 Å². The van der Waals surface area contributed by atoms with E-state index < -0.39 is 16.6 Å². The second-order valence-corrected chi connectivity index (χ2v) is 18.0. The molecule has 0 saturated carbocycles. The fourth-order valence-corrected chi connectivity index (χ4v) is 15.2. The molecule has 0 radical (unpaired) electrons. The molecule has 4 aromatic rings. The van der Waals surface area contributed by atoms with Gasteiger partial charge >= 0.3 is 254 Å². The molecular weight excluding hydrogens is 536 g/mol. The van der Waals surface area contributed by atoms with E-state index in [-0.39, 0.29) is 0 Å². The number of benzene rings is 4. The first-order valence-corrected chi connectivity index (χ1v) is 17.7. The monoisotopic (exact) mass is 584 g/mol. The fraction of sp³-hybridized carbons (Fsp3) is 0.333. The van der Waals surface area contributed by atoms with Crippen LogP contribution in [0.1, 0.15) is 22.3 Å². The van der Waals surface area contributed by atoms with Gasteiger partial charge in [0.15, 0.2) is 0 Å². The SMILES string of the molecule is CN(C)Cc1cccc[c]1[Ti]([c]1ccccc1CN(C)C)([c]1ccccc1CN(C)C)[c]1ccccc1CN(C)C. The Morgan fingerprint density at radius 1 is 0.341 bits per heavy atom. The third-order valence-electron chi connectivity index (χ3n) is 7.63. The molecule has 0 saturated heterocycles. The summed E-state index contributed by atoms with van der Waals surface area (Å²) in [4.78, 5) is 9.26. The van der Waals surface area contributed by atoms with Gasteiger partial charge in [-0.3, -0.25) is 0 Å². The standard InChI is InChI=1S/4C9H12N.Ti/c4*1-10(2)8-9-6-4-3-5-7-9;/h4*3-6H,8H2,1-2H3;. The van der Waals surface area contributed by atoms with Gasteiger partial charge in [-0.15, -0.1) is 0 Å². The van der Waals surface area contributed by atoms with Crippen molar-refractivity contribution in [3.63, 3.8) is 0 Å². The Kier molecular flexibility index (Phi) is 10.8. The molecule has 0 unspecified atom stereocenters. The van der Waals surface area contributed by atoms with Gasteiger partial charge in [-0.25, -0.2) is 0 Å². The van der Waals surface area contributed by atoms with Crippen LogP contribution in [-0.4, -0.2) is 76.0 Å². The Bertz CT molecular complexity index is 1210. The quantitative estimate of drug-likeness (QED) is 0.236. The van der Waals surface area contributed by atoms with Crippen molar-refractivity contribution < 1.29 is 16.6 Å². The summed E-state index contributed by atoms with van der Waals surface area (Å²) < 4.78 is 6.13. The van der Waals surface area contributed by atoms with Crippen LogP contribution in [0.5, 0.6) is 0 Å². The number of hydrogen-bond acceptors (Lipinski definition) is 4. The van der Waals surface area contributed by atoms with Crippen LogP contribution in [0.25, 0.3) is 0 Å². The summed E-state index contributed by atoms with van der Waals surface area (Å²) in [5, 5.41) is 0. The molecule has 41 heavy (non-hydrogen) atoms. The zero-order valence-corrected chi connectivity index (χ0v) is 27.9. The molecule has 0 heterocycles. The van der Waals surface area contributed by atoms with Crippen molar-refractivity contribution in [2.45, 2.75) is 26.2 Å². The van der Waals surface area contributed by atoms with Gasteiger partial charge in [-0.05, 0) is 0 Å². The second kappa shape index (κ2) is 14.1. The molecule has 4 rings (SSSR count). The van der Waals surface area contributed by atoms with Gasteiger partial charge in [0.05, 0.1) is 0 Å². The summed E-state index contributed by atoms with van der Waals surface area (Å²) in [5.74, 6) is 0. The van der Waals surface area contributed by atoms with Gasteiger partial charge < -0.3 is 0 Å². The molecule has 0 aromatic heterocycles. The normalized spacial score (nSPS) is 12.2. The van der Waals surface area contributed by atoms with Crippen LogP contribution < -0.4 is 15.5 Å². The van der Waals surface area contributed by atoms with Crippen LogP contribution in [0.4, 0.5) is 0 Å². The molecule has 0 spiro atoms. The first-order chi connectivity index (χ1) is 19.6. The molecule has 0 aliphatic carbocycles. The van der Waals surface area contributed by atoms with E-state index >= 15 is 0 Å². The predicted octanol–water partition coefficient (Wildman–Crippen LogP) is 3.69. The summed E-state index contributed by atoms with van der Waals surface area (Å²) >= 11 is -3.67.